The zero-order chi connectivity index (χ0) is 15.3. The molecule has 1 aromatic carbocycles. The quantitative estimate of drug-likeness (QED) is 0.517. The van der Waals surface area contributed by atoms with Crippen LogP contribution in [0.5, 0.6) is 0 Å². The van der Waals surface area contributed by atoms with Gasteiger partial charge in [0.15, 0.2) is 0 Å². The van der Waals surface area contributed by atoms with Crippen molar-refractivity contribution in [1.82, 2.24) is 5.32 Å². The number of hydrogen-bond acceptors (Lipinski definition) is 3. The zero-order valence-corrected chi connectivity index (χ0v) is 14.9. The molecule has 0 bridgehead atoms. The summed E-state index contributed by atoms with van der Waals surface area (Å²) in [5, 5.41) is 12.3. The fourth-order valence-corrected chi connectivity index (χ4v) is 2.97. The Bertz CT molecular complexity index is 528. The molecular weight excluding hydrogens is 436 g/mol. The van der Waals surface area contributed by atoms with Crippen LogP contribution in [-0.2, 0) is 4.79 Å². The molecule has 0 heterocycles. The highest BCUT2D eigenvalue weighted by Crippen LogP contribution is 2.26. The summed E-state index contributed by atoms with van der Waals surface area (Å²) in [6.07, 6.45) is 2.23. The van der Waals surface area contributed by atoms with E-state index in [-0.39, 0.29) is 5.56 Å². The maximum atomic E-state index is 12.1. The second kappa shape index (κ2) is 8.31. The van der Waals surface area contributed by atoms with Gasteiger partial charge in [0.2, 0.25) is 0 Å². The van der Waals surface area contributed by atoms with Gasteiger partial charge in [-0.3, -0.25) is 4.79 Å². The Morgan fingerprint density at radius 3 is 2.65 bits per heavy atom. The monoisotopic (exact) mass is 447 g/mol. The van der Waals surface area contributed by atoms with Gasteiger partial charge in [0.05, 0.1) is 10.6 Å². The summed E-state index contributed by atoms with van der Waals surface area (Å²) in [4.78, 5) is 23.3. The molecule has 2 N–H and O–H groups in total. The highest BCUT2D eigenvalue weighted by molar-refractivity contribution is 14.1. The Kier molecular flexibility index (Phi) is 7.42. The van der Waals surface area contributed by atoms with Gasteiger partial charge in [-0.2, -0.15) is 11.8 Å². The Balaban J connectivity index is 2.92. The molecule has 0 spiro atoms. The lowest BCUT2D eigenvalue weighted by molar-refractivity contribution is -0.139. The van der Waals surface area contributed by atoms with Crippen LogP contribution in [-0.4, -0.2) is 35.0 Å². The smallest absolute Gasteiger partial charge is 0.326 e. The van der Waals surface area contributed by atoms with Crippen molar-refractivity contribution >= 4 is 69.4 Å². The van der Waals surface area contributed by atoms with Gasteiger partial charge in [-0.25, -0.2) is 4.79 Å². The van der Waals surface area contributed by atoms with E-state index >= 15 is 0 Å². The third-order valence-electron chi connectivity index (χ3n) is 2.45. The molecule has 0 aliphatic heterocycles. The van der Waals surface area contributed by atoms with Gasteiger partial charge in [0.25, 0.3) is 5.91 Å². The van der Waals surface area contributed by atoms with Crippen molar-refractivity contribution in [2.45, 2.75) is 12.5 Å². The molecule has 1 rings (SSSR count). The van der Waals surface area contributed by atoms with Crippen molar-refractivity contribution in [3.05, 3.63) is 31.3 Å². The van der Waals surface area contributed by atoms with Gasteiger partial charge < -0.3 is 10.4 Å². The first-order valence-electron chi connectivity index (χ1n) is 5.54. The second-order valence-electron chi connectivity index (χ2n) is 3.89. The average Bonchev–Trinajstić information content (AvgIpc) is 2.38. The highest BCUT2D eigenvalue weighted by Gasteiger charge is 2.22. The minimum absolute atomic E-state index is 0.276. The van der Waals surface area contributed by atoms with E-state index in [0.29, 0.717) is 25.8 Å². The van der Waals surface area contributed by atoms with Crippen molar-refractivity contribution in [3.8, 4) is 0 Å². The van der Waals surface area contributed by atoms with Gasteiger partial charge in [-0.05, 0) is 53.2 Å². The molecule has 0 saturated heterocycles. The molecule has 0 aliphatic carbocycles. The number of amides is 1. The van der Waals surface area contributed by atoms with E-state index in [1.54, 1.807) is 0 Å². The third-order valence-corrected chi connectivity index (χ3v) is 5.09. The second-order valence-corrected chi connectivity index (χ2v) is 6.80. The largest absolute Gasteiger partial charge is 0.480 e. The van der Waals surface area contributed by atoms with E-state index in [1.807, 2.05) is 28.8 Å². The fourth-order valence-electron chi connectivity index (χ4n) is 1.45. The van der Waals surface area contributed by atoms with E-state index in [1.165, 1.54) is 23.9 Å². The van der Waals surface area contributed by atoms with Crippen LogP contribution in [0.25, 0.3) is 0 Å². The summed E-state index contributed by atoms with van der Waals surface area (Å²) in [5.74, 6) is -0.909. The lowest BCUT2D eigenvalue weighted by atomic mass is 10.1. The summed E-state index contributed by atoms with van der Waals surface area (Å²) in [6.45, 7) is 0. The van der Waals surface area contributed by atoms with E-state index in [9.17, 15) is 9.59 Å². The van der Waals surface area contributed by atoms with Crippen LogP contribution < -0.4 is 5.32 Å². The molecule has 0 radical (unpaired) electrons. The first-order valence-corrected chi connectivity index (χ1v) is 8.76. The van der Waals surface area contributed by atoms with Crippen LogP contribution >= 0.6 is 57.6 Å². The van der Waals surface area contributed by atoms with Crippen LogP contribution in [0.2, 0.25) is 10.0 Å². The standard InChI is InChI=1S/C12H12Cl2INO3S/c1-20-3-2-9(12(18)19)16-11(17)7-4-6(13)5-8(14)10(7)15/h4-5,9H,2-3H2,1H3,(H,16,17)(H,18,19)/t9-/m0/s1. The number of aliphatic carboxylic acids is 1. The maximum absolute atomic E-state index is 12.1. The first-order chi connectivity index (χ1) is 9.36. The molecule has 1 aromatic rings. The molecule has 0 aromatic heterocycles. The van der Waals surface area contributed by atoms with Gasteiger partial charge in [0, 0.05) is 8.59 Å². The summed E-state index contributed by atoms with van der Waals surface area (Å²) in [7, 11) is 0. The normalized spacial score (nSPS) is 12.0. The van der Waals surface area contributed by atoms with Crippen LogP contribution in [0.15, 0.2) is 12.1 Å². The van der Waals surface area contributed by atoms with Crippen LogP contribution in [0, 0.1) is 3.57 Å². The van der Waals surface area contributed by atoms with E-state index in [4.69, 9.17) is 28.3 Å². The maximum Gasteiger partial charge on any atom is 0.326 e. The third kappa shape index (κ3) is 4.98. The zero-order valence-electron chi connectivity index (χ0n) is 10.5. The summed E-state index contributed by atoms with van der Waals surface area (Å²) in [6, 6.07) is 2.07. The number of carbonyl (C=O) groups is 2. The van der Waals surface area contributed by atoms with E-state index in [0.717, 1.165) is 0 Å². The van der Waals surface area contributed by atoms with Crippen molar-refractivity contribution in [2.75, 3.05) is 12.0 Å². The SMILES string of the molecule is CSCC[C@H](NC(=O)c1cc(Cl)cc(Cl)c1I)C(=O)O. The summed E-state index contributed by atoms with van der Waals surface area (Å²) in [5.41, 5.74) is 0.276. The van der Waals surface area contributed by atoms with Crippen LogP contribution in [0.3, 0.4) is 0 Å². The molecule has 0 aliphatic rings. The molecule has 20 heavy (non-hydrogen) atoms. The lowest BCUT2D eigenvalue weighted by Crippen LogP contribution is -2.41. The predicted octanol–water partition coefficient (Wildman–Crippen LogP) is 3.53. The van der Waals surface area contributed by atoms with Gasteiger partial charge in [-0.15, -0.1) is 0 Å². The number of halogens is 3. The van der Waals surface area contributed by atoms with Gasteiger partial charge in [-0.1, -0.05) is 23.2 Å². The molecule has 1 atom stereocenters. The molecule has 4 nitrogen and oxygen atoms in total. The van der Waals surface area contributed by atoms with E-state index < -0.39 is 17.9 Å². The molecule has 0 fully saturated rings. The number of rotatable bonds is 6. The van der Waals surface area contributed by atoms with Crippen LogP contribution in [0.4, 0.5) is 0 Å². The number of carboxylic acids is 1. The van der Waals surface area contributed by atoms with Crippen molar-refractivity contribution in [1.29, 1.82) is 0 Å². The Morgan fingerprint density at radius 2 is 2.10 bits per heavy atom. The number of carbonyl (C=O) groups excluding carboxylic acids is 1. The highest BCUT2D eigenvalue weighted by atomic mass is 127. The van der Waals surface area contributed by atoms with Crippen molar-refractivity contribution in [3.63, 3.8) is 0 Å². The molecule has 0 saturated carbocycles. The summed E-state index contributed by atoms with van der Waals surface area (Å²) >= 11 is 15.3. The minimum Gasteiger partial charge on any atom is -0.480 e. The fraction of sp³-hybridized carbons (Fsp3) is 0.333. The number of benzene rings is 1. The minimum atomic E-state index is -1.06. The number of nitrogens with one attached hydrogen (secondary N) is 1. The predicted molar refractivity (Wildman–Crippen MR) is 91.1 cm³/mol. The molecule has 110 valence electrons. The van der Waals surface area contributed by atoms with Crippen molar-refractivity contribution < 1.29 is 14.7 Å². The van der Waals surface area contributed by atoms with Crippen molar-refractivity contribution in [2.24, 2.45) is 0 Å². The van der Waals surface area contributed by atoms with E-state index in [2.05, 4.69) is 5.32 Å². The van der Waals surface area contributed by atoms with Crippen LogP contribution in [0.1, 0.15) is 16.8 Å². The first kappa shape index (κ1) is 17.9. The average molecular weight is 448 g/mol. The molecule has 8 heteroatoms. The summed E-state index contributed by atoms with van der Waals surface area (Å²) < 4.78 is 0.542. The Hall–Kier alpha value is -0.180. The topological polar surface area (TPSA) is 66.4 Å². The van der Waals surface area contributed by atoms with Gasteiger partial charge >= 0.3 is 5.97 Å². The molecule has 0 unspecified atom stereocenters. The molecule has 1 amide bonds. The number of hydrogen-bond donors (Lipinski definition) is 2. The lowest BCUT2D eigenvalue weighted by Gasteiger charge is -2.15. The number of carboxylic acid groups (broad SMARTS) is 1. The Labute approximate surface area is 144 Å². The Morgan fingerprint density at radius 1 is 1.45 bits per heavy atom. The molecular formula is C12H12Cl2INO3S. The number of thioether (sulfide) groups is 1. The van der Waals surface area contributed by atoms with Gasteiger partial charge in [0.1, 0.15) is 6.04 Å².